The van der Waals surface area contributed by atoms with Gasteiger partial charge in [0.15, 0.2) is 0 Å². The summed E-state index contributed by atoms with van der Waals surface area (Å²) in [5.74, 6) is 0. The summed E-state index contributed by atoms with van der Waals surface area (Å²) in [4.78, 5) is 0. The standard InChI is InChI=1S/C12H25NO3S/c1-3-4-5-6-7-8-9-10-12(13)11(2)17(14,15)16/h9-12H,3-8,13H2,1-2H3,(H,14,15,16). The molecule has 0 aromatic heterocycles. The molecule has 0 aliphatic rings. The molecule has 0 saturated carbocycles. The van der Waals surface area contributed by atoms with Crippen LogP contribution in [0, 0.1) is 0 Å². The minimum Gasteiger partial charge on any atom is -0.323 e. The van der Waals surface area contributed by atoms with Crippen molar-refractivity contribution in [2.75, 3.05) is 0 Å². The van der Waals surface area contributed by atoms with E-state index in [2.05, 4.69) is 6.92 Å². The Morgan fingerprint density at radius 1 is 1.24 bits per heavy atom. The van der Waals surface area contributed by atoms with Crippen molar-refractivity contribution < 1.29 is 13.0 Å². The third-order valence-corrected chi connectivity index (χ3v) is 4.10. The van der Waals surface area contributed by atoms with Crippen LogP contribution in [0.15, 0.2) is 12.2 Å². The second kappa shape index (κ2) is 8.66. The first kappa shape index (κ1) is 16.6. The second-order valence-electron chi connectivity index (χ2n) is 4.43. The number of nitrogens with two attached hydrogens (primary N) is 1. The van der Waals surface area contributed by atoms with Crippen LogP contribution in [0.4, 0.5) is 0 Å². The molecule has 0 saturated heterocycles. The van der Waals surface area contributed by atoms with E-state index in [0.717, 1.165) is 12.8 Å². The maximum atomic E-state index is 10.8. The van der Waals surface area contributed by atoms with E-state index in [1.807, 2.05) is 6.08 Å². The lowest BCUT2D eigenvalue weighted by atomic mass is 10.1. The fourth-order valence-electron chi connectivity index (χ4n) is 1.47. The summed E-state index contributed by atoms with van der Waals surface area (Å²) in [7, 11) is -4.03. The Labute approximate surface area is 105 Å². The number of allylic oxidation sites excluding steroid dienone is 1. The van der Waals surface area contributed by atoms with Crippen LogP contribution in [0.25, 0.3) is 0 Å². The first-order valence-electron chi connectivity index (χ1n) is 6.28. The van der Waals surface area contributed by atoms with Gasteiger partial charge in [-0.25, -0.2) is 0 Å². The molecule has 102 valence electrons. The average Bonchev–Trinajstić information content (AvgIpc) is 2.25. The maximum absolute atomic E-state index is 10.8. The van der Waals surface area contributed by atoms with Gasteiger partial charge >= 0.3 is 0 Å². The topological polar surface area (TPSA) is 80.4 Å². The van der Waals surface area contributed by atoms with Crippen LogP contribution in [0.3, 0.4) is 0 Å². The molecule has 0 aliphatic heterocycles. The predicted molar refractivity (Wildman–Crippen MR) is 71.5 cm³/mol. The van der Waals surface area contributed by atoms with Gasteiger partial charge in [-0.2, -0.15) is 8.42 Å². The lowest BCUT2D eigenvalue weighted by Crippen LogP contribution is -2.36. The molecule has 0 heterocycles. The molecule has 5 heteroatoms. The smallest absolute Gasteiger partial charge is 0.269 e. The zero-order valence-electron chi connectivity index (χ0n) is 10.8. The van der Waals surface area contributed by atoms with Crippen LogP contribution in [0.2, 0.25) is 0 Å². The lowest BCUT2D eigenvalue weighted by molar-refractivity contribution is 0.465. The Kier molecular flexibility index (Phi) is 8.47. The van der Waals surface area contributed by atoms with E-state index in [9.17, 15) is 8.42 Å². The Morgan fingerprint density at radius 2 is 1.82 bits per heavy atom. The van der Waals surface area contributed by atoms with Gasteiger partial charge in [-0.1, -0.05) is 44.8 Å². The van der Waals surface area contributed by atoms with Crippen LogP contribution >= 0.6 is 0 Å². The van der Waals surface area contributed by atoms with Gasteiger partial charge in [0.25, 0.3) is 10.1 Å². The van der Waals surface area contributed by atoms with Crippen molar-refractivity contribution in [1.82, 2.24) is 0 Å². The summed E-state index contributed by atoms with van der Waals surface area (Å²) < 4.78 is 30.5. The van der Waals surface area contributed by atoms with E-state index < -0.39 is 21.4 Å². The van der Waals surface area contributed by atoms with E-state index in [1.165, 1.54) is 32.6 Å². The predicted octanol–water partition coefficient (Wildman–Crippen LogP) is 2.51. The summed E-state index contributed by atoms with van der Waals surface area (Å²) in [6.45, 7) is 3.58. The molecule has 4 nitrogen and oxygen atoms in total. The quantitative estimate of drug-likeness (QED) is 0.380. The van der Waals surface area contributed by atoms with Gasteiger partial charge in [-0.15, -0.1) is 0 Å². The molecule has 2 atom stereocenters. The molecule has 0 spiro atoms. The highest BCUT2D eigenvalue weighted by Crippen LogP contribution is 2.07. The zero-order valence-corrected chi connectivity index (χ0v) is 11.6. The normalized spacial score (nSPS) is 16.2. The Bertz CT molecular complexity index is 312. The molecule has 3 N–H and O–H groups in total. The Hall–Kier alpha value is -0.390. The van der Waals surface area contributed by atoms with Crippen LogP contribution in [0.5, 0.6) is 0 Å². The van der Waals surface area contributed by atoms with Crippen LogP contribution in [0.1, 0.15) is 52.4 Å². The van der Waals surface area contributed by atoms with Crippen molar-refractivity contribution in [3.05, 3.63) is 12.2 Å². The molecule has 0 amide bonds. The minimum atomic E-state index is -4.03. The number of unbranched alkanes of at least 4 members (excludes halogenated alkanes) is 5. The molecule has 2 unspecified atom stereocenters. The van der Waals surface area contributed by atoms with E-state index in [4.69, 9.17) is 10.3 Å². The van der Waals surface area contributed by atoms with Gasteiger partial charge in [-0.3, -0.25) is 4.55 Å². The largest absolute Gasteiger partial charge is 0.323 e. The van der Waals surface area contributed by atoms with E-state index >= 15 is 0 Å². The number of rotatable bonds is 9. The van der Waals surface area contributed by atoms with Crippen LogP contribution < -0.4 is 5.73 Å². The molecule has 0 radical (unpaired) electrons. The molecule has 0 rings (SSSR count). The average molecular weight is 263 g/mol. The van der Waals surface area contributed by atoms with Crippen molar-refractivity contribution in [1.29, 1.82) is 0 Å². The molecular weight excluding hydrogens is 238 g/mol. The third-order valence-electron chi connectivity index (χ3n) is 2.84. The van der Waals surface area contributed by atoms with E-state index in [-0.39, 0.29) is 0 Å². The molecule has 0 aromatic rings. The summed E-state index contributed by atoms with van der Waals surface area (Å²) >= 11 is 0. The number of hydrogen-bond donors (Lipinski definition) is 2. The van der Waals surface area contributed by atoms with Gasteiger partial charge in [0.1, 0.15) is 5.25 Å². The van der Waals surface area contributed by atoms with Gasteiger partial charge in [-0.05, 0) is 19.8 Å². The van der Waals surface area contributed by atoms with Gasteiger partial charge in [0.2, 0.25) is 0 Å². The fraction of sp³-hybridized carbons (Fsp3) is 0.833. The summed E-state index contributed by atoms with van der Waals surface area (Å²) in [6, 6.07) is -0.638. The van der Waals surface area contributed by atoms with Gasteiger partial charge in [0.05, 0.1) is 0 Å². The molecule has 0 aromatic carbocycles. The van der Waals surface area contributed by atoms with Crippen molar-refractivity contribution >= 4 is 10.1 Å². The SMILES string of the molecule is CCCCCCCC=CC(N)C(C)S(=O)(=O)O. The number of hydrogen-bond acceptors (Lipinski definition) is 3. The highest BCUT2D eigenvalue weighted by molar-refractivity contribution is 7.86. The Balaban J connectivity index is 3.78. The Morgan fingerprint density at radius 3 is 2.35 bits per heavy atom. The summed E-state index contributed by atoms with van der Waals surface area (Å²) in [5, 5.41) is -0.946. The first-order chi connectivity index (χ1) is 7.89. The zero-order chi connectivity index (χ0) is 13.3. The first-order valence-corrected chi connectivity index (χ1v) is 7.78. The van der Waals surface area contributed by atoms with Gasteiger partial charge < -0.3 is 5.73 Å². The van der Waals surface area contributed by atoms with Crippen molar-refractivity contribution in [3.8, 4) is 0 Å². The van der Waals surface area contributed by atoms with E-state index in [1.54, 1.807) is 6.08 Å². The molecule has 0 aliphatic carbocycles. The minimum absolute atomic E-state index is 0.638. The second-order valence-corrected chi connectivity index (χ2v) is 6.20. The van der Waals surface area contributed by atoms with Gasteiger partial charge in [0, 0.05) is 6.04 Å². The highest BCUT2D eigenvalue weighted by atomic mass is 32.2. The van der Waals surface area contributed by atoms with Crippen molar-refractivity contribution in [3.63, 3.8) is 0 Å². The molecule has 0 fully saturated rings. The van der Waals surface area contributed by atoms with Crippen LogP contribution in [-0.4, -0.2) is 24.3 Å². The summed E-state index contributed by atoms with van der Waals surface area (Å²) in [5.41, 5.74) is 5.64. The lowest BCUT2D eigenvalue weighted by Gasteiger charge is -2.12. The molecule has 0 bridgehead atoms. The monoisotopic (exact) mass is 263 g/mol. The van der Waals surface area contributed by atoms with Crippen LogP contribution in [-0.2, 0) is 10.1 Å². The third kappa shape index (κ3) is 8.35. The fourth-order valence-corrected chi connectivity index (χ4v) is 1.96. The maximum Gasteiger partial charge on any atom is 0.269 e. The molecular formula is C12H25NO3S. The summed E-state index contributed by atoms with van der Waals surface area (Å²) in [6.07, 6.45) is 10.5. The van der Waals surface area contributed by atoms with Crippen molar-refractivity contribution in [2.24, 2.45) is 5.73 Å². The van der Waals surface area contributed by atoms with E-state index in [0.29, 0.717) is 0 Å². The molecule has 17 heavy (non-hydrogen) atoms. The van der Waals surface area contributed by atoms with Crippen molar-refractivity contribution in [2.45, 2.75) is 63.7 Å². The highest BCUT2D eigenvalue weighted by Gasteiger charge is 2.22.